The maximum Gasteiger partial charge on any atom is 0.247 e. The molecule has 0 aromatic carbocycles. The van der Waals surface area contributed by atoms with Crippen LogP contribution in [-0.2, 0) is 16.1 Å². The minimum Gasteiger partial charge on any atom is -0.378 e. The van der Waals surface area contributed by atoms with Crippen LogP contribution in [0.3, 0.4) is 0 Å². The van der Waals surface area contributed by atoms with Gasteiger partial charge in [-0.15, -0.1) is 5.10 Å². The van der Waals surface area contributed by atoms with Crippen LogP contribution in [0.15, 0.2) is 18.7 Å². The van der Waals surface area contributed by atoms with Crippen LogP contribution in [0, 0.1) is 0 Å². The average molecular weight is 290 g/mol. The quantitative estimate of drug-likeness (QED) is 0.758. The Hall–Kier alpha value is -2.62. The molecular weight excluding hydrogens is 276 g/mol. The molecule has 2 aromatic heterocycles. The summed E-state index contributed by atoms with van der Waals surface area (Å²) >= 11 is 0. The molecule has 3 rings (SSSR count). The number of hydrogen-bond acceptors (Lipinski definition) is 8. The topological polar surface area (TPSA) is 111 Å². The molecule has 1 aliphatic heterocycles. The van der Waals surface area contributed by atoms with Gasteiger partial charge in [-0.3, -0.25) is 4.79 Å². The van der Waals surface area contributed by atoms with Crippen LogP contribution in [0.5, 0.6) is 0 Å². The van der Waals surface area contributed by atoms with Gasteiger partial charge >= 0.3 is 0 Å². The summed E-state index contributed by atoms with van der Waals surface area (Å²) in [5.74, 6) is 0.963. The third-order valence-electron chi connectivity index (χ3n) is 2.95. The average Bonchev–Trinajstić information content (AvgIpc) is 3.01. The van der Waals surface area contributed by atoms with E-state index in [-0.39, 0.29) is 12.5 Å². The number of aromatic nitrogens is 6. The smallest absolute Gasteiger partial charge is 0.247 e. The number of nitrogens with zero attached hydrogens (tertiary/aromatic N) is 7. The molecule has 0 atom stereocenters. The number of carbonyl (C=O) groups excluding carboxylic acids is 1. The van der Waals surface area contributed by atoms with Gasteiger partial charge in [0.2, 0.25) is 5.91 Å². The summed E-state index contributed by atoms with van der Waals surface area (Å²) in [7, 11) is 0. The monoisotopic (exact) mass is 290 g/mol. The standard InChI is InChI=1S/C11H14N8O2/c20-11(6-19-8-14-16-17-19)15-9-5-10(13-7-12-9)18-1-3-21-4-2-18/h5,7-8H,1-4,6H2,(H,12,13,15,20). The highest BCUT2D eigenvalue weighted by molar-refractivity contribution is 5.89. The van der Waals surface area contributed by atoms with E-state index in [0.29, 0.717) is 19.0 Å². The highest BCUT2D eigenvalue weighted by atomic mass is 16.5. The Balaban J connectivity index is 1.63. The Morgan fingerprint density at radius 1 is 1.33 bits per heavy atom. The van der Waals surface area contributed by atoms with Crippen LogP contribution in [0.4, 0.5) is 11.6 Å². The number of nitrogens with one attached hydrogen (secondary N) is 1. The summed E-state index contributed by atoms with van der Waals surface area (Å²) in [5.41, 5.74) is 0. The number of morpholine rings is 1. The third kappa shape index (κ3) is 3.48. The molecule has 21 heavy (non-hydrogen) atoms. The van der Waals surface area contributed by atoms with Crippen molar-refractivity contribution in [1.82, 2.24) is 30.2 Å². The molecule has 1 amide bonds. The first-order valence-electron chi connectivity index (χ1n) is 6.46. The molecule has 2 aromatic rings. The number of anilines is 2. The van der Waals surface area contributed by atoms with E-state index < -0.39 is 0 Å². The molecule has 0 bridgehead atoms. The van der Waals surface area contributed by atoms with E-state index in [4.69, 9.17) is 4.74 Å². The second-order valence-corrected chi connectivity index (χ2v) is 4.42. The Kier molecular flexibility index (Phi) is 3.96. The van der Waals surface area contributed by atoms with Crippen molar-refractivity contribution in [2.24, 2.45) is 0 Å². The second-order valence-electron chi connectivity index (χ2n) is 4.42. The zero-order valence-corrected chi connectivity index (χ0v) is 11.2. The summed E-state index contributed by atoms with van der Waals surface area (Å²) in [6, 6.07) is 1.74. The zero-order chi connectivity index (χ0) is 14.5. The molecule has 1 saturated heterocycles. The Morgan fingerprint density at radius 3 is 2.95 bits per heavy atom. The van der Waals surface area contributed by atoms with Crippen LogP contribution in [-0.4, -0.2) is 62.4 Å². The van der Waals surface area contributed by atoms with Gasteiger partial charge in [0.05, 0.1) is 13.2 Å². The summed E-state index contributed by atoms with van der Waals surface area (Å²) in [6.45, 7) is 2.92. The molecule has 3 heterocycles. The fourth-order valence-electron chi connectivity index (χ4n) is 1.96. The summed E-state index contributed by atoms with van der Waals surface area (Å²) < 4.78 is 6.63. The second kappa shape index (κ2) is 6.22. The lowest BCUT2D eigenvalue weighted by Crippen LogP contribution is -2.36. The van der Waals surface area contributed by atoms with Crippen LogP contribution in [0.2, 0.25) is 0 Å². The van der Waals surface area contributed by atoms with E-state index in [1.165, 1.54) is 17.3 Å². The molecule has 10 nitrogen and oxygen atoms in total. The zero-order valence-electron chi connectivity index (χ0n) is 11.2. The van der Waals surface area contributed by atoms with Crippen molar-refractivity contribution in [2.45, 2.75) is 6.54 Å². The maximum atomic E-state index is 11.8. The number of ether oxygens (including phenoxy) is 1. The molecule has 0 radical (unpaired) electrons. The minimum atomic E-state index is -0.256. The van der Waals surface area contributed by atoms with Gasteiger partial charge in [-0.1, -0.05) is 0 Å². The van der Waals surface area contributed by atoms with Crippen LogP contribution >= 0.6 is 0 Å². The van der Waals surface area contributed by atoms with Crippen molar-refractivity contribution in [1.29, 1.82) is 0 Å². The van der Waals surface area contributed by atoms with E-state index in [1.807, 2.05) is 0 Å². The van der Waals surface area contributed by atoms with E-state index in [0.717, 1.165) is 18.9 Å². The third-order valence-corrected chi connectivity index (χ3v) is 2.95. The van der Waals surface area contributed by atoms with Crippen molar-refractivity contribution in [3.05, 3.63) is 18.7 Å². The highest BCUT2D eigenvalue weighted by Gasteiger charge is 2.14. The van der Waals surface area contributed by atoms with E-state index >= 15 is 0 Å². The van der Waals surface area contributed by atoms with Gasteiger partial charge in [0.1, 0.15) is 30.8 Å². The first-order valence-corrected chi connectivity index (χ1v) is 6.46. The van der Waals surface area contributed by atoms with Crippen molar-refractivity contribution < 1.29 is 9.53 Å². The fraction of sp³-hybridized carbons (Fsp3) is 0.455. The van der Waals surface area contributed by atoms with Crippen LogP contribution in [0.25, 0.3) is 0 Å². The van der Waals surface area contributed by atoms with Gasteiger partial charge in [-0.2, -0.15) is 0 Å². The SMILES string of the molecule is O=C(Cn1cnnn1)Nc1cc(N2CCOCC2)ncn1. The molecule has 110 valence electrons. The van der Waals surface area contributed by atoms with Crippen molar-refractivity contribution in [2.75, 3.05) is 36.5 Å². The van der Waals surface area contributed by atoms with Gasteiger partial charge in [0, 0.05) is 19.2 Å². The molecular formula is C11H14N8O2. The predicted octanol–water partition coefficient (Wildman–Crippen LogP) is -1.06. The van der Waals surface area contributed by atoms with Gasteiger partial charge in [-0.25, -0.2) is 14.6 Å². The molecule has 1 fully saturated rings. The highest BCUT2D eigenvalue weighted by Crippen LogP contribution is 2.15. The van der Waals surface area contributed by atoms with Gasteiger partial charge in [-0.05, 0) is 10.4 Å². The number of rotatable bonds is 4. The van der Waals surface area contributed by atoms with Gasteiger partial charge < -0.3 is 15.0 Å². The van der Waals surface area contributed by atoms with Gasteiger partial charge in [0.25, 0.3) is 0 Å². The van der Waals surface area contributed by atoms with Crippen molar-refractivity contribution in [3.8, 4) is 0 Å². The Morgan fingerprint density at radius 2 is 2.19 bits per heavy atom. The fourth-order valence-corrected chi connectivity index (χ4v) is 1.96. The molecule has 0 unspecified atom stereocenters. The number of carbonyl (C=O) groups is 1. The first-order chi connectivity index (χ1) is 10.3. The van der Waals surface area contributed by atoms with Crippen LogP contribution in [0.1, 0.15) is 0 Å². The predicted molar refractivity (Wildman–Crippen MR) is 71.5 cm³/mol. The first kappa shape index (κ1) is 13.4. The summed E-state index contributed by atoms with van der Waals surface area (Å²) in [4.78, 5) is 22.2. The van der Waals surface area contributed by atoms with Crippen molar-refractivity contribution in [3.63, 3.8) is 0 Å². The minimum absolute atomic E-state index is 0.0316. The molecule has 10 heteroatoms. The molecule has 0 saturated carbocycles. The van der Waals surface area contributed by atoms with Crippen molar-refractivity contribution >= 4 is 17.5 Å². The normalized spacial score (nSPS) is 15.0. The maximum absolute atomic E-state index is 11.8. The number of hydrogen-bond donors (Lipinski definition) is 1. The van der Waals surface area contributed by atoms with Crippen LogP contribution < -0.4 is 10.2 Å². The lowest BCUT2D eigenvalue weighted by molar-refractivity contribution is -0.116. The lowest BCUT2D eigenvalue weighted by atomic mass is 10.4. The van der Waals surface area contributed by atoms with Gasteiger partial charge in [0.15, 0.2) is 0 Å². The Bertz CT molecular complexity index is 596. The van der Waals surface area contributed by atoms with E-state index in [2.05, 4.69) is 35.7 Å². The molecule has 0 aliphatic carbocycles. The molecule has 1 N–H and O–H groups in total. The Labute approximate surface area is 120 Å². The number of tetrazole rings is 1. The molecule has 1 aliphatic rings. The van der Waals surface area contributed by atoms with E-state index in [9.17, 15) is 4.79 Å². The summed E-state index contributed by atoms with van der Waals surface area (Å²) in [5, 5.41) is 13.3. The lowest BCUT2D eigenvalue weighted by Gasteiger charge is -2.27. The number of amides is 1. The molecule has 0 spiro atoms. The summed E-state index contributed by atoms with van der Waals surface area (Å²) in [6.07, 6.45) is 2.80. The van der Waals surface area contributed by atoms with E-state index in [1.54, 1.807) is 6.07 Å². The largest absolute Gasteiger partial charge is 0.378 e.